The van der Waals surface area contributed by atoms with Gasteiger partial charge in [-0.05, 0) is 30.3 Å². The first-order valence-corrected chi connectivity index (χ1v) is 9.57. The van der Waals surface area contributed by atoms with Gasteiger partial charge < -0.3 is 9.72 Å². The Hall–Kier alpha value is -2.56. The van der Waals surface area contributed by atoms with Crippen molar-refractivity contribution >= 4 is 21.6 Å². The van der Waals surface area contributed by atoms with E-state index in [0.29, 0.717) is 11.3 Å². The number of aromatic amines is 1. The Kier molecular flexibility index (Phi) is 5.13. The normalized spacial score (nSPS) is 12.2. The number of hydrogen-bond donors (Lipinski definition) is 2. The highest BCUT2D eigenvalue weighted by Gasteiger charge is 2.37. The van der Waals surface area contributed by atoms with Gasteiger partial charge in [0.25, 0.3) is 0 Å². The Morgan fingerprint density at radius 2 is 1.71 bits per heavy atom. The molecule has 0 aliphatic heterocycles. The molecule has 0 aliphatic carbocycles. The molecule has 0 radical (unpaired) electrons. The SMILES string of the molecule is COc1ccc(-c2nc(-c3ccc(S(N)(=O)=O)cc3)c(C(F)(F)F)[nH]2)cc1Cl. The Morgan fingerprint density at radius 1 is 1.11 bits per heavy atom. The van der Waals surface area contributed by atoms with Crippen LogP contribution in [0.4, 0.5) is 13.2 Å². The smallest absolute Gasteiger partial charge is 0.433 e. The molecule has 11 heteroatoms. The fourth-order valence-electron chi connectivity index (χ4n) is 2.54. The summed E-state index contributed by atoms with van der Waals surface area (Å²) in [6.07, 6.45) is -4.71. The van der Waals surface area contributed by atoms with Gasteiger partial charge in [0.05, 0.1) is 17.0 Å². The average Bonchev–Trinajstić information content (AvgIpc) is 3.07. The maximum Gasteiger partial charge on any atom is 0.433 e. The Bertz CT molecular complexity index is 1130. The van der Waals surface area contributed by atoms with Crippen LogP contribution in [-0.4, -0.2) is 25.5 Å². The molecule has 28 heavy (non-hydrogen) atoms. The highest BCUT2D eigenvalue weighted by molar-refractivity contribution is 7.89. The van der Waals surface area contributed by atoms with Crippen LogP contribution < -0.4 is 9.88 Å². The van der Waals surface area contributed by atoms with E-state index in [1.165, 1.54) is 37.4 Å². The van der Waals surface area contributed by atoms with Crippen LogP contribution in [-0.2, 0) is 16.2 Å². The summed E-state index contributed by atoms with van der Waals surface area (Å²) in [6.45, 7) is 0. The third kappa shape index (κ3) is 3.98. The van der Waals surface area contributed by atoms with Crippen LogP contribution in [0.5, 0.6) is 5.75 Å². The van der Waals surface area contributed by atoms with Crippen LogP contribution in [0.15, 0.2) is 47.4 Å². The summed E-state index contributed by atoms with van der Waals surface area (Å²) in [5, 5.41) is 5.22. The molecule has 2 aromatic carbocycles. The number of imidazole rings is 1. The van der Waals surface area contributed by atoms with E-state index in [1.54, 1.807) is 0 Å². The highest BCUT2D eigenvalue weighted by atomic mass is 35.5. The van der Waals surface area contributed by atoms with Gasteiger partial charge in [0, 0.05) is 11.1 Å². The van der Waals surface area contributed by atoms with Crippen LogP contribution in [0.1, 0.15) is 5.69 Å². The maximum atomic E-state index is 13.5. The molecule has 148 valence electrons. The Balaban J connectivity index is 2.12. The highest BCUT2D eigenvalue weighted by Crippen LogP contribution is 2.38. The molecule has 3 rings (SSSR count). The van der Waals surface area contributed by atoms with E-state index in [1.807, 2.05) is 0 Å². The number of methoxy groups -OCH3 is 1. The molecule has 0 saturated carbocycles. The van der Waals surface area contributed by atoms with Gasteiger partial charge in [-0.3, -0.25) is 0 Å². The molecular formula is C17H13ClF3N3O3S. The van der Waals surface area contributed by atoms with Crippen molar-refractivity contribution in [3.8, 4) is 28.4 Å². The van der Waals surface area contributed by atoms with Crippen molar-refractivity contribution in [3.63, 3.8) is 0 Å². The summed E-state index contributed by atoms with van der Waals surface area (Å²) in [7, 11) is -2.55. The Morgan fingerprint density at radius 3 is 2.21 bits per heavy atom. The number of nitrogens with one attached hydrogen (secondary N) is 1. The molecular weight excluding hydrogens is 419 g/mol. The standard InChI is InChI=1S/C17H13ClF3N3O3S/c1-27-13-7-4-10(8-12(13)18)16-23-14(15(24-16)17(19,20)21)9-2-5-11(6-3-9)28(22,25)26/h2-8H,1H3,(H,23,24)(H2,22,25,26). The van der Waals surface area contributed by atoms with Gasteiger partial charge in [0.15, 0.2) is 0 Å². The number of nitrogens with zero attached hydrogens (tertiary/aromatic N) is 1. The second-order valence-electron chi connectivity index (χ2n) is 5.73. The van der Waals surface area contributed by atoms with Crippen molar-refractivity contribution in [1.82, 2.24) is 9.97 Å². The number of benzene rings is 2. The van der Waals surface area contributed by atoms with Crippen molar-refractivity contribution in [3.05, 3.63) is 53.2 Å². The van der Waals surface area contributed by atoms with E-state index in [4.69, 9.17) is 21.5 Å². The number of halogens is 4. The number of primary sulfonamides is 1. The molecule has 0 aliphatic rings. The predicted octanol–water partition coefficient (Wildman–Crippen LogP) is 4.07. The minimum atomic E-state index is -4.71. The molecule has 1 heterocycles. The third-order valence-corrected chi connectivity index (χ3v) is 5.09. The molecule has 0 atom stereocenters. The monoisotopic (exact) mass is 431 g/mol. The third-order valence-electron chi connectivity index (χ3n) is 3.87. The first-order valence-electron chi connectivity index (χ1n) is 7.65. The van der Waals surface area contributed by atoms with E-state index in [-0.39, 0.29) is 27.0 Å². The minimum Gasteiger partial charge on any atom is -0.495 e. The molecule has 3 N–H and O–H groups in total. The summed E-state index contributed by atoms with van der Waals surface area (Å²) >= 11 is 6.04. The Labute approximate surface area is 163 Å². The fraction of sp³-hybridized carbons (Fsp3) is 0.118. The molecule has 0 bridgehead atoms. The zero-order valence-corrected chi connectivity index (χ0v) is 15.8. The number of sulfonamides is 1. The number of nitrogens with two attached hydrogens (primary N) is 1. The summed E-state index contributed by atoms with van der Waals surface area (Å²) in [5.74, 6) is 0.314. The van der Waals surface area contributed by atoms with Crippen LogP contribution in [0.2, 0.25) is 5.02 Å². The van der Waals surface area contributed by atoms with Crippen LogP contribution in [0, 0.1) is 0 Å². The van der Waals surface area contributed by atoms with Gasteiger partial charge in [-0.2, -0.15) is 13.2 Å². The lowest BCUT2D eigenvalue weighted by Crippen LogP contribution is -2.12. The molecule has 0 saturated heterocycles. The second-order valence-corrected chi connectivity index (χ2v) is 7.69. The van der Waals surface area contributed by atoms with Crippen molar-refractivity contribution < 1.29 is 26.3 Å². The second kappa shape index (κ2) is 7.12. The van der Waals surface area contributed by atoms with E-state index in [9.17, 15) is 21.6 Å². The zero-order chi connectivity index (χ0) is 20.7. The van der Waals surface area contributed by atoms with Crippen LogP contribution in [0.25, 0.3) is 22.6 Å². The topological polar surface area (TPSA) is 98.1 Å². The molecule has 3 aromatic rings. The quantitative estimate of drug-likeness (QED) is 0.650. The first kappa shape index (κ1) is 20.2. The lowest BCUT2D eigenvalue weighted by Gasteiger charge is -2.07. The van der Waals surface area contributed by atoms with Gasteiger partial charge in [0.2, 0.25) is 10.0 Å². The molecule has 0 unspecified atom stereocenters. The van der Waals surface area contributed by atoms with Gasteiger partial charge >= 0.3 is 6.18 Å². The molecule has 6 nitrogen and oxygen atoms in total. The average molecular weight is 432 g/mol. The number of alkyl halides is 3. The van der Waals surface area contributed by atoms with E-state index >= 15 is 0 Å². The molecule has 1 aromatic heterocycles. The van der Waals surface area contributed by atoms with E-state index in [2.05, 4.69) is 9.97 Å². The summed E-state index contributed by atoms with van der Waals surface area (Å²) in [4.78, 5) is 6.10. The number of hydrogen-bond acceptors (Lipinski definition) is 4. The van der Waals surface area contributed by atoms with Gasteiger partial charge in [0.1, 0.15) is 23.0 Å². The molecule has 0 fully saturated rings. The van der Waals surface area contributed by atoms with Gasteiger partial charge in [-0.25, -0.2) is 18.5 Å². The first-order chi connectivity index (χ1) is 13.0. The van der Waals surface area contributed by atoms with Gasteiger partial charge in [-0.15, -0.1) is 0 Å². The maximum absolute atomic E-state index is 13.5. The van der Waals surface area contributed by atoms with Crippen molar-refractivity contribution in [1.29, 1.82) is 0 Å². The zero-order valence-electron chi connectivity index (χ0n) is 14.2. The lowest BCUT2D eigenvalue weighted by atomic mass is 10.1. The fourth-order valence-corrected chi connectivity index (χ4v) is 3.31. The lowest BCUT2D eigenvalue weighted by molar-refractivity contribution is -0.140. The van der Waals surface area contributed by atoms with Crippen LogP contribution in [0.3, 0.4) is 0 Å². The largest absolute Gasteiger partial charge is 0.495 e. The minimum absolute atomic E-state index is 0.0533. The van der Waals surface area contributed by atoms with E-state index < -0.39 is 21.9 Å². The van der Waals surface area contributed by atoms with Crippen molar-refractivity contribution in [2.45, 2.75) is 11.1 Å². The summed E-state index contributed by atoms with van der Waals surface area (Å²) in [6, 6.07) is 9.08. The predicted molar refractivity (Wildman–Crippen MR) is 97.4 cm³/mol. The van der Waals surface area contributed by atoms with E-state index in [0.717, 1.165) is 12.1 Å². The molecule has 0 amide bonds. The van der Waals surface area contributed by atoms with Gasteiger partial charge in [-0.1, -0.05) is 23.7 Å². The number of ether oxygens (including phenoxy) is 1. The summed E-state index contributed by atoms with van der Waals surface area (Å²) in [5.41, 5.74) is -1.06. The molecule has 0 spiro atoms. The number of aromatic nitrogens is 2. The summed E-state index contributed by atoms with van der Waals surface area (Å²) < 4.78 is 68.2. The van der Waals surface area contributed by atoms with Crippen molar-refractivity contribution in [2.24, 2.45) is 5.14 Å². The number of rotatable bonds is 4. The number of H-pyrrole nitrogens is 1. The van der Waals surface area contributed by atoms with Crippen LogP contribution >= 0.6 is 11.6 Å². The van der Waals surface area contributed by atoms with Crippen molar-refractivity contribution in [2.75, 3.05) is 7.11 Å².